The molecule has 2 saturated carbocycles. The summed E-state index contributed by atoms with van der Waals surface area (Å²) in [7, 11) is 6.70. The van der Waals surface area contributed by atoms with E-state index in [0.29, 0.717) is 12.1 Å². The van der Waals surface area contributed by atoms with Gasteiger partial charge in [0.05, 0.1) is 0 Å². The number of hydrogen-bond donors (Lipinski definition) is 1. The standard InChI is InChI=1S/C17H34N2O/c1-18(2)17(11-8-12-17)14-19(3)13-16(15-20)9-6-4-5-7-10-16/h20H,4-15H2,1-3H3. The van der Waals surface area contributed by atoms with E-state index in [1.165, 1.54) is 57.8 Å². The summed E-state index contributed by atoms with van der Waals surface area (Å²) in [4.78, 5) is 4.92. The summed E-state index contributed by atoms with van der Waals surface area (Å²) in [6.07, 6.45) is 11.8. The predicted molar refractivity (Wildman–Crippen MR) is 85.0 cm³/mol. The second kappa shape index (κ2) is 6.76. The molecule has 0 saturated heterocycles. The highest BCUT2D eigenvalue weighted by Gasteiger charge is 2.41. The fraction of sp³-hybridized carbons (Fsp3) is 1.00. The number of aliphatic hydroxyl groups excluding tert-OH is 1. The Morgan fingerprint density at radius 1 is 0.800 bits per heavy atom. The van der Waals surface area contributed by atoms with Gasteiger partial charge in [-0.25, -0.2) is 0 Å². The maximum atomic E-state index is 9.96. The highest BCUT2D eigenvalue weighted by Crippen LogP contribution is 2.39. The maximum absolute atomic E-state index is 9.96. The SMILES string of the molecule is CN(CC1(CO)CCCCCC1)CC1(N(C)C)CCC1. The molecule has 0 radical (unpaired) electrons. The molecule has 0 bridgehead atoms. The van der Waals surface area contributed by atoms with E-state index in [0.717, 1.165) is 13.1 Å². The molecule has 2 aliphatic carbocycles. The van der Waals surface area contributed by atoms with Crippen molar-refractivity contribution < 1.29 is 5.11 Å². The number of nitrogens with zero attached hydrogens (tertiary/aromatic N) is 2. The number of aliphatic hydroxyl groups is 1. The molecule has 0 unspecified atom stereocenters. The maximum Gasteiger partial charge on any atom is 0.0499 e. The summed E-state index contributed by atoms with van der Waals surface area (Å²) in [6.45, 7) is 2.59. The second-order valence-corrected chi connectivity index (χ2v) is 7.72. The van der Waals surface area contributed by atoms with Crippen molar-refractivity contribution in [2.75, 3.05) is 40.8 Å². The zero-order chi connectivity index (χ0) is 14.6. The van der Waals surface area contributed by atoms with Crippen LogP contribution in [0.15, 0.2) is 0 Å². The molecule has 0 aromatic carbocycles. The van der Waals surface area contributed by atoms with Crippen molar-refractivity contribution >= 4 is 0 Å². The molecule has 0 aliphatic heterocycles. The highest BCUT2D eigenvalue weighted by molar-refractivity contribution is 4.98. The third-order valence-corrected chi connectivity index (χ3v) is 5.90. The molecule has 0 aromatic heterocycles. The van der Waals surface area contributed by atoms with E-state index in [1.807, 2.05) is 0 Å². The smallest absolute Gasteiger partial charge is 0.0499 e. The summed E-state index contributed by atoms with van der Waals surface area (Å²) in [5.41, 5.74) is 0.568. The Morgan fingerprint density at radius 2 is 1.40 bits per heavy atom. The van der Waals surface area contributed by atoms with Crippen LogP contribution in [0.5, 0.6) is 0 Å². The van der Waals surface area contributed by atoms with E-state index < -0.39 is 0 Å². The minimum Gasteiger partial charge on any atom is -0.396 e. The molecular weight excluding hydrogens is 248 g/mol. The monoisotopic (exact) mass is 282 g/mol. The highest BCUT2D eigenvalue weighted by atomic mass is 16.3. The Bertz CT molecular complexity index is 291. The molecule has 118 valence electrons. The van der Waals surface area contributed by atoms with Gasteiger partial charge in [-0.1, -0.05) is 25.7 Å². The molecule has 2 aliphatic rings. The molecule has 3 nitrogen and oxygen atoms in total. The first kappa shape index (κ1) is 16.3. The van der Waals surface area contributed by atoms with Gasteiger partial charge >= 0.3 is 0 Å². The Kier molecular flexibility index (Phi) is 5.49. The van der Waals surface area contributed by atoms with Gasteiger partial charge in [-0.2, -0.15) is 0 Å². The lowest BCUT2D eigenvalue weighted by molar-refractivity contribution is 0.00206. The molecule has 3 heteroatoms. The molecule has 2 rings (SSSR count). The van der Waals surface area contributed by atoms with E-state index in [9.17, 15) is 5.11 Å². The number of likely N-dealkylation sites (N-methyl/N-ethyl adjacent to an activating group) is 2. The summed E-state index contributed by atoms with van der Waals surface area (Å²) < 4.78 is 0. The van der Waals surface area contributed by atoms with Gasteiger partial charge in [0.25, 0.3) is 0 Å². The van der Waals surface area contributed by atoms with Crippen molar-refractivity contribution in [1.82, 2.24) is 9.80 Å². The van der Waals surface area contributed by atoms with Crippen molar-refractivity contribution in [2.45, 2.75) is 63.3 Å². The lowest BCUT2D eigenvalue weighted by atomic mass is 9.74. The lowest BCUT2D eigenvalue weighted by Crippen LogP contribution is -2.57. The van der Waals surface area contributed by atoms with Crippen LogP contribution in [-0.4, -0.2) is 61.3 Å². The Balaban J connectivity index is 1.93. The topological polar surface area (TPSA) is 26.7 Å². The Morgan fingerprint density at radius 3 is 1.80 bits per heavy atom. The van der Waals surface area contributed by atoms with Gasteiger partial charge in [-0.15, -0.1) is 0 Å². The minimum absolute atomic E-state index is 0.169. The fourth-order valence-corrected chi connectivity index (χ4v) is 4.31. The van der Waals surface area contributed by atoms with Crippen molar-refractivity contribution in [3.05, 3.63) is 0 Å². The van der Waals surface area contributed by atoms with E-state index in [2.05, 4.69) is 30.9 Å². The van der Waals surface area contributed by atoms with Gasteiger partial charge in [0.15, 0.2) is 0 Å². The van der Waals surface area contributed by atoms with Gasteiger partial charge in [-0.3, -0.25) is 0 Å². The average molecular weight is 282 g/mol. The number of rotatable bonds is 6. The van der Waals surface area contributed by atoms with Gasteiger partial charge in [0.2, 0.25) is 0 Å². The molecule has 20 heavy (non-hydrogen) atoms. The van der Waals surface area contributed by atoms with Crippen molar-refractivity contribution in [3.8, 4) is 0 Å². The minimum atomic E-state index is 0.169. The average Bonchev–Trinajstić information content (AvgIpc) is 2.59. The van der Waals surface area contributed by atoms with Crippen molar-refractivity contribution in [2.24, 2.45) is 5.41 Å². The third kappa shape index (κ3) is 3.55. The Labute approximate surface area is 125 Å². The first-order chi connectivity index (χ1) is 9.52. The summed E-state index contributed by atoms with van der Waals surface area (Å²) in [5, 5.41) is 9.96. The molecular formula is C17H34N2O. The van der Waals surface area contributed by atoms with Crippen LogP contribution in [0.4, 0.5) is 0 Å². The largest absolute Gasteiger partial charge is 0.396 e. The molecule has 2 fully saturated rings. The van der Waals surface area contributed by atoms with Crippen LogP contribution in [0.25, 0.3) is 0 Å². The van der Waals surface area contributed by atoms with Gasteiger partial charge in [0, 0.05) is 30.7 Å². The Hall–Kier alpha value is -0.120. The van der Waals surface area contributed by atoms with E-state index in [1.54, 1.807) is 0 Å². The van der Waals surface area contributed by atoms with Gasteiger partial charge in [0.1, 0.15) is 0 Å². The van der Waals surface area contributed by atoms with Gasteiger partial charge < -0.3 is 14.9 Å². The molecule has 0 amide bonds. The van der Waals surface area contributed by atoms with Crippen LogP contribution in [-0.2, 0) is 0 Å². The molecule has 0 atom stereocenters. The van der Waals surface area contributed by atoms with E-state index >= 15 is 0 Å². The van der Waals surface area contributed by atoms with Crippen LogP contribution < -0.4 is 0 Å². The van der Waals surface area contributed by atoms with E-state index in [4.69, 9.17) is 0 Å². The zero-order valence-electron chi connectivity index (χ0n) is 13.8. The first-order valence-corrected chi connectivity index (χ1v) is 8.49. The van der Waals surface area contributed by atoms with Crippen LogP contribution >= 0.6 is 0 Å². The normalized spacial score (nSPS) is 25.5. The van der Waals surface area contributed by atoms with E-state index in [-0.39, 0.29) is 5.41 Å². The van der Waals surface area contributed by atoms with Crippen LogP contribution in [0, 0.1) is 5.41 Å². The third-order valence-electron chi connectivity index (χ3n) is 5.90. The van der Waals surface area contributed by atoms with Crippen molar-refractivity contribution in [1.29, 1.82) is 0 Å². The molecule has 0 aromatic rings. The second-order valence-electron chi connectivity index (χ2n) is 7.72. The molecule has 0 spiro atoms. The summed E-state index contributed by atoms with van der Waals surface area (Å²) in [6, 6.07) is 0. The summed E-state index contributed by atoms with van der Waals surface area (Å²) >= 11 is 0. The van der Waals surface area contributed by atoms with Crippen LogP contribution in [0.1, 0.15) is 57.8 Å². The first-order valence-electron chi connectivity index (χ1n) is 8.49. The lowest BCUT2D eigenvalue weighted by Gasteiger charge is -2.50. The quantitative estimate of drug-likeness (QED) is 0.759. The zero-order valence-corrected chi connectivity index (χ0v) is 13.8. The molecule has 0 heterocycles. The van der Waals surface area contributed by atoms with Crippen LogP contribution in [0.2, 0.25) is 0 Å². The summed E-state index contributed by atoms with van der Waals surface area (Å²) in [5.74, 6) is 0. The fourth-order valence-electron chi connectivity index (χ4n) is 4.31. The van der Waals surface area contributed by atoms with Gasteiger partial charge in [-0.05, 0) is 53.2 Å². The molecule has 1 N–H and O–H groups in total. The van der Waals surface area contributed by atoms with Crippen LogP contribution in [0.3, 0.4) is 0 Å². The number of hydrogen-bond acceptors (Lipinski definition) is 3. The predicted octanol–water partition coefficient (Wildman–Crippen LogP) is 2.74. The van der Waals surface area contributed by atoms with Crippen molar-refractivity contribution in [3.63, 3.8) is 0 Å².